The third kappa shape index (κ3) is 2.77. The van der Waals surface area contributed by atoms with Gasteiger partial charge in [0.2, 0.25) is 0 Å². The predicted octanol–water partition coefficient (Wildman–Crippen LogP) is 3.71. The van der Waals surface area contributed by atoms with Gasteiger partial charge in [-0.25, -0.2) is 0 Å². The van der Waals surface area contributed by atoms with Crippen LogP contribution in [0.15, 0.2) is 24.3 Å². The van der Waals surface area contributed by atoms with Crippen LogP contribution in [-0.2, 0) is 13.6 Å². The summed E-state index contributed by atoms with van der Waals surface area (Å²) in [7, 11) is 2.04. The second-order valence-electron chi connectivity index (χ2n) is 5.69. The molecule has 2 aromatic rings. The minimum Gasteiger partial charge on any atom is -0.294 e. The average Bonchev–Trinajstić information content (AvgIpc) is 2.79. The topological polar surface area (TPSA) is 21.1 Å². The van der Waals surface area contributed by atoms with Gasteiger partial charge in [-0.3, -0.25) is 9.58 Å². The van der Waals surface area contributed by atoms with Crippen molar-refractivity contribution in [2.75, 3.05) is 11.9 Å². The van der Waals surface area contributed by atoms with E-state index in [2.05, 4.69) is 45.1 Å². The highest BCUT2D eigenvalue weighted by molar-refractivity contribution is 9.09. The zero-order valence-electron chi connectivity index (χ0n) is 12.1. The first-order chi connectivity index (χ1) is 9.79. The molecule has 20 heavy (non-hydrogen) atoms. The van der Waals surface area contributed by atoms with Crippen molar-refractivity contribution < 1.29 is 0 Å². The van der Waals surface area contributed by atoms with E-state index in [1.165, 1.54) is 48.8 Å². The molecular formula is C16H22BrN3. The molecule has 0 N–H and O–H groups in total. The smallest absolute Gasteiger partial charge is 0.0843 e. The molecule has 0 spiro atoms. The highest BCUT2D eigenvalue weighted by Gasteiger charge is 2.23. The molecule has 0 bridgehead atoms. The fourth-order valence-corrected chi connectivity index (χ4v) is 3.85. The quantitative estimate of drug-likeness (QED) is 0.794. The van der Waals surface area contributed by atoms with Crippen LogP contribution in [0.25, 0.3) is 10.9 Å². The molecule has 3 rings (SSSR count). The van der Waals surface area contributed by atoms with Crippen LogP contribution in [0.1, 0.15) is 31.4 Å². The van der Waals surface area contributed by atoms with Gasteiger partial charge in [0.05, 0.1) is 11.2 Å². The van der Waals surface area contributed by atoms with Crippen LogP contribution in [0.2, 0.25) is 0 Å². The van der Waals surface area contributed by atoms with Crippen molar-refractivity contribution in [1.29, 1.82) is 0 Å². The monoisotopic (exact) mass is 335 g/mol. The molecule has 1 aromatic heterocycles. The molecule has 2 heterocycles. The van der Waals surface area contributed by atoms with Crippen LogP contribution in [0.3, 0.4) is 0 Å². The Morgan fingerprint density at radius 3 is 3.00 bits per heavy atom. The van der Waals surface area contributed by atoms with Crippen LogP contribution in [0.5, 0.6) is 0 Å². The van der Waals surface area contributed by atoms with E-state index in [0.29, 0.717) is 6.04 Å². The van der Waals surface area contributed by atoms with Gasteiger partial charge in [-0.2, -0.15) is 5.10 Å². The molecule has 1 saturated heterocycles. The minimum absolute atomic E-state index is 0.712. The molecule has 1 unspecified atom stereocenters. The first-order valence-corrected chi connectivity index (χ1v) is 8.62. The number of para-hydroxylation sites is 1. The van der Waals surface area contributed by atoms with E-state index in [-0.39, 0.29) is 0 Å². The first-order valence-electron chi connectivity index (χ1n) is 7.50. The van der Waals surface area contributed by atoms with Gasteiger partial charge in [-0.05, 0) is 31.9 Å². The second kappa shape index (κ2) is 6.27. The number of benzene rings is 1. The number of piperidine rings is 1. The summed E-state index contributed by atoms with van der Waals surface area (Å²) in [6.07, 6.45) is 5.27. The summed E-state index contributed by atoms with van der Waals surface area (Å²) in [6.45, 7) is 2.20. The highest BCUT2D eigenvalue weighted by Crippen LogP contribution is 2.25. The highest BCUT2D eigenvalue weighted by atomic mass is 79.9. The molecule has 0 saturated carbocycles. The summed E-state index contributed by atoms with van der Waals surface area (Å²) in [5.41, 5.74) is 2.46. The fourth-order valence-electron chi connectivity index (χ4n) is 3.32. The summed E-state index contributed by atoms with van der Waals surface area (Å²) in [5.74, 6) is 0. The Kier molecular flexibility index (Phi) is 4.41. The number of alkyl halides is 1. The predicted molar refractivity (Wildman–Crippen MR) is 87.2 cm³/mol. The van der Waals surface area contributed by atoms with Gasteiger partial charge >= 0.3 is 0 Å². The minimum atomic E-state index is 0.712. The standard InChI is InChI=1S/C16H22BrN3/c1-19-16-8-3-2-7-14(16)15(18-19)12-20-11-5-4-6-13(20)9-10-17/h2-3,7-8,13H,4-6,9-12H2,1H3. The van der Waals surface area contributed by atoms with E-state index in [1.54, 1.807) is 0 Å². The molecule has 0 amide bonds. The number of halogens is 1. The summed E-state index contributed by atoms with van der Waals surface area (Å²) < 4.78 is 2.01. The largest absolute Gasteiger partial charge is 0.294 e. The van der Waals surface area contributed by atoms with E-state index in [0.717, 1.165) is 11.9 Å². The number of aromatic nitrogens is 2. The lowest BCUT2D eigenvalue weighted by Gasteiger charge is -2.35. The van der Waals surface area contributed by atoms with Crippen molar-refractivity contribution in [3.63, 3.8) is 0 Å². The molecule has 1 aromatic carbocycles. The lowest BCUT2D eigenvalue weighted by molar-refractivity contribution is 0.136. The Morgan fingerprint density at radius 2 is 2.15 bits per heavy atom. The Hall–Kier alpha value is -0.870. The van der Waals surface area contributed by atoms with E-state index in [9.17, 15) is 0 Å². The van der Waals surface area contributed by atoms with Crippen molar-refractivity contribution in [1.82, 2.24) is 14.7 Å². The molecule has 1 fully saturated rings. The van der Waals surface area contributed by atoms with Crippen molar-refractivity contribution in [2.45, 2.75) is 38.3 Å². The van der Waals surface area contributed by atoms with Crippen molar-refractivity contribution >= 4 is 26.8 Å². The zero-order chi connectivity index (χ0) is 13.9. The lowest BCUT2D eigenvalue weighted by Crippen LogP contribution is -2.39. The average molecular weight is 336 g/mol. The molecule has 108 valence electrons. The molecular weight excluding hydrogens is 314 g/mol. The SMILES string of the molecule is Cn1nc(CN2CCCCC2CCBr)c2ccccc21. The van der Waals surface area contributed by atoms with E-state index in [4.69, 9.17) is 5.10 Å². The van der Waals surface area contributed by atoms with Gasteiger partial charge in [-0.1, -0.05) is 40.5 Å². The first kappa shape index (κ1) is 14.1. The maximum absolute atomic E-state index is 4.74. The van der Waals surface area contributed by atoms with E-state index >= 15 is 0 Å². The fraction of sp³-hybridized carbons (Fsp3) is 0.562. The Balaban J connectivity index is 1.84. The van der Waals surface area contributed by atoms with Gasteiger partial charge in [0.1, 0.15) is 0 Å². The second-order valence-corrected chi connectivity index (χ2v) is 6.48. The molecule has 3 nitrogen and oxygen atoms in total. The third-order valence-electron chi connectivity index (χ3n) is 4.38. The van der Waals surface area contributed by atoms with E-state index < -0.39 is 0 Å². The van der Waals surface area contributed by atoms with Gasteiger partial charge in [-0.15, -0.1) is 0 Å². The van der Waals surface area contributed by atoms with Crippen LogP contribution in [0.4, 0.5) is 0 Å². The number of aryl methyl sites for hydroxylation is 1. The van der Waals surface area contributed by atoms with Crippen LogP contribution in [0, 0.1) is 0 Å². The number of nitrogens with zero attached hydrogens (tertiary/aromatic N) is 3. The van der Waals surface area contributed by atoms with Crippen LogP contribution < -0.4 is 0 Å². The Labute approximate surface area is 129 Å². The zero-order valence-corrected chi connectivity index (χ0v) is 13.6. The number of rotatable bonds is 4. The number of hydrogen-bond acceptors (Lipinski definition) is 2. The summed E-state index contributed by atoms with van der Waals surface area (Å²) in [4.78, 5) is 2.62. The molecule has 1 aliphatic rings. The van der Waals surface area contributed by atoms with Gasteiger partial charge in [0, 0.05) is 30.4 Å². The summed E-state index contributed by atoms with van der Waals surface area (Å²) in [6, 6.07) is 9.25. The summed E-state index contributed by atoms with van der Waals surface area (Å²) in [5, 5.41) is 7.14. The maximum atomic E-state index is 4.74. The molecule has 4 heteroatoms. The number of fused-ring (bicyclic) bond motifs is 1. The molecule has 1 aliphatic heterocycles. The normalized spacial score (nSPS) is 20.6. The third-order valence-corrected chi connectivity index (χ3v) is 4.84. The van der Waals surface area contributed by atoms with Crippen LogP contribution in [-0.4, -0.2) is 32.6 Å². The number of likely N-dealkylation sites (tertiary alicyclic amines) is 1. The van der Waals surface area contributed by atoms with Gasteiger partial charge < -0.3 is 0 Å². The Morgan fingerprint density at radius 1 is 1.30 bits per heavy atom. The molecule has 0 aliphatic carbocycles. The van der Waals surface area contributed by atoms with Gasteiger partial charge in [0.25, 0.3) is 0 Å². The molecule has 1 atom stereocenters. The Bertz CT molecular complexity index is 576. The maximum Gasteiger partial charge on any atom is 0.0843 e. The van der Waals surface area contributed by atoms with E-state index in [1.807, 2.05) is 11.7 Å². The van der Waals surface area contributed by atoms with Gasteiger partial charge in [0.15, 0.2) is 0 Å². The summed E-state index contributed by atoms with van der Waals surface area (Å²) >= 11 is 3.60. The van der Waals surface area contributed by atoms with Crippen molar-refractivity contribution in [3.8, 4) is 0 Å². The van der Waals surface area contributed by atoms with Crippen LogP contribution >= 0.6 is 15.9 Å². The van der Waals surface area contributed by atoms with Crippen molar-refractivity contribution in [2.24, 2.45) is 7.05 Å². The number of hydrogen-bond donors (Lipinski definition) is 0. The molecule has 0 radical (unpaired) electrons. The van der Waals surface area contributed by atoms with Crippen molar-refractivity contribution in [3.05, 3.63) is 30.0 Å². The lowest BCUT2D eigenvalue weighted by atomic mass is 9.99.